The van der Waals surface area contributed by atoms with Crippen LogP contribution in [0.2, 0.25) is 0 Å². The fourth-order valence-electron chi connectivity index (χ4n) is 1.82. The van der Waals surface area contributed by atoms with Gasteiger partial charge in [0.2, 0.25) is 0 Å². The normalized spacial score (nSPS) is 12.9. The Labute approximate surface area is 107 Å². The first-order valence-corrected chi connectivity index (χ1v) is 7.11. The van der Waals surface area contributed by atoms with Crippen LogP contribution in [0.3, 0.4) is 0 Å². The van der Waals surface area contributed by atoms with Gasteiger partial charge in [0, 0.05) is 0 Å². The lowest BCUT2D eigenvalue weighted by Gasteiger charge is -2.29. The zero-order valence-corrected chi connectivity index (χ0v) is 11.6. The molecule has 1 heterocycles. The predicted octanol–water partition coefficient (Wildman–Crippen LogP) is 3.20. The number of thiocarbonyl (C=S) groups is 1. The van der Waals surface area contributed by atoms with Crippen molar-refractivity contribution in [3.05, 3.63) is 22.4 Å². The van der Waals surface area contributed by atoms with E-state index in [-0.39, 0.29) is 6.04 Å². The van der Waals surface area contributed by atoms with Gasteiger partial charge in [-0.3, -0.25) is 4.90 Å². The number of nitrogens with zero attached hydrogens (tertiary/aromatic N) is 1. The molecule has 1 unspecified atom stereocenters. The largest absolute Gasteiger partial charge is 0.392 e. The summed E-state index contributed by atoms with van der Waals surface area (Å²) in [5.74, 6) is 0. The van der Waals surface area contributed by atoms with Gasteiger partial charge in [-0.15, -0.1) is 0 Å². The molecule has 90 valence electrons. The Kier molecular flexibility index (Phi) is 5.95. The van der Waals surface area contributed by atoms with Crippen LogP contribution in [0.15, 0.2) is 16.8 Å². The van der Waals surface area contributed by atoms with E-state index in [0.717, 1.165) is 13.1 Å². The fourth-order valence-corrected chi connectivity index (χ4v) is 2.78. The van der Waals surface area contributed by atoms with Crippen molar-refractivity contribution in [2.24, 2.45) is 5.73 Å². The summed E-state index contributed by atoms with van der Waals surface area (Å²) < 4.78 is 0. The van der Waals surface area contributed by atoms with E-state index in [2.05, 4.69) is 35.6 Å². The molecule has 1 rings (SSSR count). The van der Waals surface area contributed by atoms with E-state index in [4.69, 9.17) is 18.0 Å². The number of nitrogens with two attached hydrogens (primary N) is 1. The van der Waals surface area contributed by atoms with Gasteiger partial charge in [0.25, 0.3) is 0 Å². The molecular weight excluding hydrogens is 236 g/mol. The van der Waals surface area contributed by atoms with Crippen molar-refractivity contribution in [3.63, 3.8) is 0 Å². The predicted molar refractivity (Wildman–Crippen MR) is 76.0 cm³/mol. The lowest BCUT2D eigenvalue weighted by Crippen LogP contribution is -2.37. The highest BCUT2D eigenvalue weighted by molar-refractivity contribution is 7.80. The summed E-state index contributed by atoms with van der Waals surface area (Å²) in [7, 11) is 0. The third-order valence-electron chi connectivity index (χ3n) is 2.70. The molecule has 0 aliphatic heterocycles. The summed E-state index contributed by atoms with van der Waals surface area (Å²) in [5, 5.41) is 4.21. The number of hydrogen-bond donors (Lipinski definition) is 1. The van der Waals surface area contributed by atoms with Gasteiger partial charge in [-0.2, -0.15) is 11.3 Å². The summed E-state index contributed by atoms with van der Waals surface area (Å²) in [6, 6.07) is 2.22. The minimum atomic E-state index is 0.109. The van der Waals surface area contributed by atoms with E-state index in [0.29, 0.717) is 4.99 Å². The Morgan fingerprint density at radius 1 is 1.56 bits per heavy atom. The van der Waals surface area contributed by atoms with Crippen molar-refractivity contribution in [1.29, 1.82) is 0 Å². The van der Waals surface area contributed by atoms with Crippen LogP contribution in [0.25, 0.3) is 0 Å². The molecule has 0 amide bonds. The van der Waals surface area contributed by atoms with Gasteiger partial charge in [0.1, 0.15) is 0 Å². The molecule has 16 heavy (non-hydrogen) atoms. The van der Waals surface area contributed by atoms with Gasteiger partial charge in [-0.05, 0) is 41.9 Å². The number of unbranched alkanes of at least 4 members (excludes halogenated alkanes) is 1. The van der Waals surface area contributed by atoms with Gasteiger partial charge in [-0.25, -0.2) is 0 Å². The van der Waals surface area contributed by atoms with E-state index < -0.39 is 0 Å². The number of rotatable bonds is 7. The molecule has 0 aliphatic carbocycles. The van der Waals surface area contributed by atoms with Gasteiger partial charge < -0.3 is 5.73 Å². The molecule has 0 bridgehead atoms. The molecule has 1 atom stereocenters. The highest BCUT2D eigenvalue weighted by Crippen LogP contribution is 2.23. The van der Waals surface area contributed by atoms with E-state index >= 15 is 0 Å². The smallest absolute Gasteiger partial charge is 0.0948 e. The van der Waals surface area contributed by atoms with E-state index in [1.165, 1.54) is 18.4 Å². The van der Waals surface area contributed by atoms with Crippen molar-refractivity contribution in [1.82, 2.24) is 4.90 Å². The summed E-state index contributed by atoms with van der Waals surface area (Å²) in [4.78, 5) is 2.94. The van der Waals surface area contributed by atoms with Crippen LogP contribution in [0, 0.1) is 0 Å². The molecule has 4 heteroatoms. The van der Waals surface area contributed by atoms with E-state index in [1.54, 1.807) is 11.3 Å². The summed E-state index contributed by atoms with van der Waals surface area (Å²) >= 11 is 6.89. The molecule has 0 aromatic carbocycles. The molecule has 1 aromatic rings. The second-order valence-corrected chi connectivity index (χ2v) is 5.10. The first kappa shape index (κ1) is 13.6. The first-order chi connectivity index (χ1) is 7.70. The van der Waals surface area contributed by atoms with Crippen LogP contribution in [0.5, 0.6) is 0 Å². The van der Waals surface area contributed by atoms with Crippen LogP contribution in [0.1, 0.15) is 38.3 Å². The van der Waals surface area contributed by atoms with E-state index in [9.17, 15) is 0 Å². The molecular formula is C12H20N2S2. The van der Waals surface area contributed by atoms with Crippen LogP contribution >= 0.6 is 23.6 Å². The highest BCUT2D eigenvalue weighted by atomic mass is 32.1. The standard InChI is InChI=1S/C12H20N2S2/c1-3-5-7-14(4-2)11(12(13)15)10-6-8-16-9-10/h6,8-9,11H,3-5,7H2,1-2H3,(H2,13,15). The van der Waals surface area contributed by atoms with Crippen molar-refractivity contribution in [2.45, 2.75) is 32.7 Å². The zero-order valence-electron chi connectivity index (χ0n) is 9.98. The number of likely N-dealkylation sites (N-methyl/N-ethyl adjacent to an activating group) is 1. The van der Waals surface area contributed by atoms with Crippen molar-refractivity contribution < 1.29 is 0 Å². The quantitative estimate of drug-likeness (QED) is 0.760. The van der Waals surface area contributed by atoms with Gasteiger partial charge in [0.15, 0.2) is 0 Å². The second-order valence-electron chi connectivity index (χ2n) is 3.84. The Hall–Kier alpha value is -0.450. The van der Waals surface area contributed by atoms with Gasteiger partial charge in [0.05, 0.1) is 11.0 Å². The van der Waals surface area contributed by atoms with Gasteiger partial charge >= 0.3 is 0 Å². The molecule has 0 spiro atoms. The summed E-state index contributed by atoms with van der Waals surface area (Å²) in [5.41, 5.74) is 7.10. The molecule has 2 N–H and O–H groups in total. The van der Waals surface area contributed by atoms with Gasteiger partial charge in [-0.1, -0.05) is 32.5 Å². The maximum absolute atomic E-state index is 5.87. The lowest BCUT2D eigenvalue weighted by molar-refractivity contribution is 0.254. The Morgan fingerprint density at radius 3 is 2.75 bits per heavy atom. The van der Waals surface area contributed by atoms with Crippen molar-refractivity contribution >= 4 is 28.5 Å². The van der Waals surface area contributed by atoms with Crippen LogP contribution in [-0.4, -0.2) is 23.0 Å². The molecule has 0 radical (unpaired) electrons. The SMILES string of the molecule is CCCCN(CC)C(C(N)=S)c1ccsc1. The molecule has 2 nitrogen and oxygen atoms in total. The maximum atomic E-state index is 5.87. The minimum absolute atomic E-state index is 0.109. The van der Waals surface area contributed by atoms with Crippen LogP contribution in [-0.2, 0) is 0 Å². The molecule has 0 saturated carbocycles. The number of hydrogen-bond acceptors (Lipinski definition) is 3. The monoisotopic (exact) mass is 256 g/mol. The Morgan fingerprint density at radius 2 is 2.31 bits per heavy atom. The average molecular weight is 256 g/mol. The Bertz CT molecular complexity index is 309. The molecule has 0 fully saturated rings. The third-order valence-corrected chi connectivity index (χ3v) is 3.62. The van der Waals surface area contributed by atoms with E-state index in [1.807, 2.05) is 0 Å². The van der Waals surface area contributed by atoms with Crippen LogP contribution in [0.4, 0.5) is 0 Å². The summed E-state index contributed by atoms with van der Waals surface area (Å²) in [6.45, 7) is 6.41. The molecule has 0 saturated heterocycles. The van der Waals surface area contributed by atoms with Crippen molar-refractivity contribution in [2.75, 3.05) is 13.1 Å². The Balaban J connectivity index is 2.79. The first-order valence-electron chi connectivity index (χ1n) is 5.76. The summed E-state index contributed by atoms with van der Waals surface area (Å²) in [6.07, 6.45) is 2.39. The lowest BCUT2D eigenvalue weighted by atomic mass is 10.1. The maximum Gasteiger partial charge on any atom is 0.0948 e. The molecule has 1 aromatic heterocycles. The zero-order chi connectivity index (χ0) is 12.0. The average Bonchev–Trinajstić information content (AvgIpc) is 2.76. The second kappa shape index (κ2) is 6.99. The third kappa shape index (κ3) is 3.54. The number of thiophene rings is 1. The topological polar surface area (TPSA) is 29.3 Å². The highest BCUT2D eigenvalue weighted by Gasteiger charge is 2.21. The molecule has 0 aliphatic rings. The fraction of sp³-hybridized carbons (Fsp3) is 0.583. The minimum Gasteiger partial charge on any atom is -0.392 e. The van der Waals surface area contributed by atoms with Crippen molar-refractivity contribution in [3.8, 4) is 0 Å². The van der Waals surface area contributed by atoms with Crippen LogP contribution < -0.4 is 5.73 Å².